The van der Waals surface area contributed by atoms with Crippen LogP contribution in [0.25, 0.3) is 17.0 Å². The van der Waals surface area contributed by atoms with Gasteiger partial charge in [-0.05, 0) is 62.2 Å². The number of ketones is 1. The van der Waals surface area contributed by atoms with E-state index in [0.29, 0.717) is 0 Å². The summed E-state index contributed by atoms with van der Waals surface area (Å²) < 4.78 is 0. The fourth-order valence-electron chi connectivity index (χ4n) is 2.94. The molecule has 0 radical (unpaired) electrons. The average molecular weight is 425 g/mol. The molecule has 0 amide bonds. The van der Waals surface area contributed by atoms with Crippen LogP contribution in [0.5, 0.6) is 0 Å². The van der Waals surface area contributed by atoms with E-state index in [1.54, 1.807) is 13.0 Å². The summed E-state index contributed by atoms with van der Waals surface area (Å²) in [4.78, 5) is 15.0. The summed E-state index contributed by atoms with van der Waals surface area (Å²) in [5.74, 6) is 0.0792. The van der Waals surface area contributed by atoms with E-state index in [0.717, 1.165) is 27.8 Å². The van der Waals surface area contributed by atoms with Gasteiger partial charge < -0.3 is 5.32 Å². The van der Waals surface area contributed by atoms with E-state index >= 15 is 0 Å². The van der Waals surface area contributed by atoms with Gasteiger partial charge in [-0.3, -0.25) is 9.78 Å². The van der Waals surface area contributed by atoms with Gasteiger partial charge in [-0.15, -0.1) is 0 Å². The molecule has 0 atom stereocenters. The number of fused-ring (bicyclic) bond motifs is 1. The Bertz CT molecular complexity index is 1150. The Balaban J connectivity index is 0.000000227. The van der Waals surface area contributed by atoms with Crippen molar-refractivity contribution in [1.82, 2.24) is 4.98 Å². The van der Waals surface area contributed by atoms with Gasteiger partial charge in [0.05, 0.1) is 5.52 Å². The second-order valence-corrected chi connectivity index (χ2v) is 7.22. The average Bonchev–Trinajstić information content (AvgIpc) is 2.81. The minimum absolute atomic E-state index is 0.0792. The van der Waals surface area contributed by atoms with Crippen molar-refractivity contribution in [2.45, 2.75) is 34.6 Å². The Hall–Kier alpha value is -3.72. The van der Waals surface area contributed by atoms with E-state index in [4.69, 9.17) is 0 Å². The van der Waals surface area contributed by atoms with Crippen molar-refractivity contribution in [2.75, 3.05) is 5.32 Å². The zero-order chi connectivity index (χ0) is 23.3. The maximum atomic E-state index is 10.6. The van der Waals surface area contributed by atoms with Crippen LogP contribution in [0.1, 0.15) is 37.5 Å². The van der Waals surface area contributed by atoms with Gasteiger partial charge in [-0.2, -0.15) is 0 Å². The SMILES string of the molecule is CC.CC(=O)/C=C/c1ccc(C)cc1.Cc1ccc2c(Nc3ccccc3)ccnc2c1. The highest BCUT2D eigenvalue weighted by Gasteiger charge is 2.02. The molecule has 1 N–H and O–H groups in total. The number of allylic oxidation sites excluding steroid dienone is 1. The predicted molar refractivity (Wildman–Crippen MR) is 138 cm³/mol. The number of anilines is 2. The molecule has 0 aliphatic heterocycles. The minimum Gasteiger partial charge on any atom is -0.355 e. The summed E-state index contributed by atoms with van der Waals surface area (Å²) in [7, 11) is 0. The number of benzene rings is 3. The first kappa shape index (κ1) is 24.5. The van der Waals surface area contributed by atoms with Crippen LogP contribution in [-0.2, 0) is 4.79 Å². The third-order valence-electron chi connectivity index (χ3n) is 4.54. The fourth-order valence-corrected chi connectivity index (χ4v) is 2.94. The van der Waals surface area contributed by atoms with Gasteiger partial charge in [0.15, 0.2) is 5.78 Å². The summed E-state index contributed by atoms with van der Waals surface area (Å²) in [5.41, 5.74) is 6.73. The number of hydrogen-bond donors (Lipinski definition) is 1. The number of para-hydroxylation sites is 1. The third kappa shape index (κ3) is 7.84. The van der Waals surface area contributed by atoms with Gasteiger partial charge in [0.25, 0.3) is 0 Å². The van der Waals surface area contributed by atoms with Crippen molar-refractivity contribution in [1.29, 1.82) is 0 Å². The quantitative estimate of drug-likeness (QED) is 0.338. The lowest BCUT2D eigenvalue weighted by atomic mass is 10.1. The van der Waals surface area contributed by atoms with Gasteiger partial charge in [0.1, 0.15) is 0 Å². The first-order valence-electron chi connectivity index (χ1n) is 10.9. The molecule has 1 heterocycles. The molecule has 0 unspecified atom stereocenters. The Morgan fingerprint density at radius 1 is 0.844 bits per heavy atom. The molecule has 0 spiro atoms. The first-order valence-corrected chi connectivity index (χ1v) is 10.9. The van der Waals surface area contributed by atoms with Gasteiger partial charge in [0.2, 0.25) is 0 Å². The molecule has 1 aromatic heterocycles. The van der Waals surface area contributed by atoms with Gasteiger partial charge in [0, 0.05) is 23.0 Å². The smallest absolute Gasteiger partial charge is 0.152 e. The van der Waals surface area contributed by atoms with E-state index in [-0.39, 0.29) is 5.78 Å². The van der Waals surface area contributed by atoms with Gasteiger partial charge >= 0.3 is 0 Å². The Morgan fingerprint density at radius 2 is 1.50 bits per heavy atom. The third-order valence-corrected chi connectivity index (χ3v) is 4.54. The molecule has 3 nitrogen and oxygen atoms in total. The maximum Gasteiger partial charge on any atom is 0.152 e. The van der Waals surface area contributed by atoms with Crippen LogP contribution in [0.2, 0.25) is 0 Å². The van der Waals surface area contributed by atoms with Crippen LogP contribution in [0.4, 0.5) is 11.4 Å². The number of nitrogens with zero attached hydrogens (tertiary/aromatic N) is 1. The largest absolute Gasteiger partial charge is 0.355 e. The van der Waals surface area contributed by atoms with Crippen LogP contribution < -0.4 is 5.32 Å². The molecule has 4 aromatic rings. The number of nitrogens with one attached hydrogen (secondary N) is 1. The Kier molecular flexibility index (Phi) is 9.86. The monoisotopic (exact) mass is 424 g/mol. The van der Waals surface area contributed by atoms with Crippen molar-refractivity contribution in [3.8, 4) is 0 Å². The topological polar surface area (TPSA) is 42.0 Å². The lowest BCUT2D eigenvalue weighted by Crippen LogP contribution is -1.92. The molecule has 3 heteroatoms. The number of hydrogen-bond acceptors (Lipinski definition) is 3. The summed E-state index contributed by atoms with van der Waals surface area (Å²) >= 11 is 0. The van der Waals surface area contributed by atoms with Crippen LogP contribution in [0.3, 0.4) is 0 Å². The van der Waals surface area contributed by atoms with Crippen molar-refractivity contribution in [2.24, 2.45) is 0 Å². The Labute approximate surface area is 191 Å². The zero-order valence-corrected chi connectivity index (χ0v) is 19.6. The molecule has 32 heavy (non-hydrogen) atoms. The standard InChI is InChI=1S/C16H14N2.C11H12O.C2H6/c1-12-7-8-14-15(9-10-17-16(14)11-12)18-13-5-3-2-4-6-13;1-9-3-6-11(7-4-9)8-5-10(2)12;1-2/h2-11H,1H3,(H,17,18);3-8H,1-2H3;1-2H3/b;8-5+;. The summed E-state index contributed by atoms with van der Waals surface area (Å²) in [6.07, 6.45) is 5.24. The fraction of sp³-hybridized carbons (Fsp3) is 0.172. The highest BCUT2D eigenvalue weighted by atomic mass is 16.1. The highest BCUT2D eigenvalue weighted by molar-refractivity contribution is 5.93. The summed E-state index contributed by atoms with van der Waals surface area (Å²) in [6, 6.07) is 26.5. The van der Waals surface area contributed by atoms with Crippen LogP contribution in [0, 0.1) is 13.8 Å². The summed E-state index contributed by atoms with van der Waals surface area (Å²) in [5, 5.41) is 4.57. The number of pyridine rings is 1. The molecule has 0 aliphatic rings. The van der Waals surface area contributed by atoms with E-state index in [2.05, 4.69) is 47.6 Å². The Morgan fingerprint density at radius 3 is 2.16 bits per heavy atom. The maximum absolute atomic E-state index is 10.6. The number of rotatable bonds is 4. The molecular weight excluding hydrogens is 392 g/mol. The normalized spacial score (nSPS) is 10.0. The van der Waals surface area contributed by atoms with Crippen molar-refractivity contribution in [3.05, 3.63) is 108 Å². The second-order valence-electron chi connectivity index (χ2n) is 7.22. The van der Waals surface area contributed by atoms with Gasteiger partial charge in [-0.25, -0.2) is 0 Å². The number of carbonyl (C=O) groups is 1. The lowest BCUT2D eigenvalue weighted by molar-refractivity contribution is -0.112. The summed E-state index contributed by atoms with van der Waals surface area (Å²) in [6.45, 7) is 9.67. The minimum atomic E-state index is 0.0792. The van der Waals surface area contributed by atoms with E-state index in [1.165, 1.54) is 11.1 Å². The van der Waals surface area contributed by atoms with Crippen LogP contribution in [-0.4, -0.2) is 10.8 Å². The lowest BCUT2D eigenvalue weighted by Gasteiger charge is -2.09. The van der Waals surface area contributed by atoms with Crippen molar-refractivity contribution >= 4 is 34.1 Å². The molecular formula is C29H32N2O. The molecule has 0 saturated heterocycles. The molecule has 3 aromatic carbocycles. The van der Waals surface area contributed by atoms with Gasteiger partial charge in [-0.1, -0.05) is 80.1 Å². The molecule has 0 saturated carbocycles. The van der Waals surface area contributed by atoms with E-state index in [1.807, 2.05) is 81.6 Å². The van der Waals surface area contributed by atoms with Crippen molar-refractivity contribution < 1.29 is 4.79 Å². The second kappa shape index (κ2) is 12.9. The predicted octanol–water partition coefficient (Wildman–Crippen LogP) is 7.91. The van der Waals surface area contributed by atoms with Crippen LogP contribution in [0.15, 0.2) is 91.1 Å². The number of aryl methyl sites for hydroxylation is 2. The molecule has 0 bridgehead atoms. The van der Waals surface area contributed by atoms with Crippen LogP contribution >= 0.6 is 0 Å². The zero-order valence-electron chi connectivity index (χ0n) is 19.6. The number of aromatic nitrogens is 1. The molecule has 0 aliphatic carbocycles. The highest BCUT2D eigenvalue weighted by Crippen LogP contribution is 2.25. The molecule has 164 valence electrons. The first-order chi connectivity index (χ1) is 15.5. The number of carbonyl (C=O) groups excluding carboxylic acids is 1. The van der Waals surface area contributed by atoms with Crippen molar-refractivity contribution in [3.63, 3.8) is 0 Å². The van der Waals surface area contributed by atoms with E-state index < -0.39 is 0 Å². The molecule has 0 fully saturated rings. The molecule has 4 rings (SSSR count). The van der Waals surface area contributed by atoms with E-state index in [9.17, 15) is 4.79 Å².